The summed E-state index contributed by atoms with van der Waals surface area (Å²) in [5.74, 6) is 1.56. The van der Waals surface area contributed by atoms with Gasteiger partial charge >= 0.3 is 6.09 Å². The van der Waals surface area contributed by atoms with Gasteiger partial charge in [-0.05, 0) is 98.3 Å². The second kappa shape index (κ2) is 13.1. The number of carbonyl (C=O) groups is 1. The predicted molar refractivity (Wildman–Crippen MR) is 183 cm³/mol. The molecule has 1 atom stereocenters. The van der Waals surface area contributed by atoms with E-state index in [0.717, 1.165) is 41.8 Å². The molecule has 1 fully saturated rings. The number of fused-ring (bicyclic) bond motifs is 1. The zero-order valence-corrected chi connectivity index (χ0v) is 30.2. The Hall–Kier alpha value is -3.58. The Morgan fingerprint density at radius 1 is 1.13 bits per heavy atom. The maximum absolute atomic E-state index is 13.1. The molecule has 1 amide bonds. The summed E-state index contributed by atoms with van der Waals surface area (Å²) in [6, 6.07) is 2.00. The van der Waals surface area contributed by atoms with Crippen LogP contribution in [0.15, 0.2) is 23.5 Å². The minimum absolute atomic E-state index is 0.00450. The van der Waals surface area contributed by atoms with Crippen LogP contribution in [0.25, 0.3) is 0 Å². The Morgan fingerprint density at radius 3 is 2.43 bits per heavy atom. The van der Waals surface area contributed by atoms with Gasteiger partial charge in [-0.25, -0.2) is 18.2 Å². The minimum Gasteiger partial charge on any atom is -0.488 e. The predicted octanol–water partition coefficient (Wildman–Crippen LogP) is 7.32. The molecule has 0 unspecified atom stereocenters. The third-order valence-electron chi connectivity index (χ3n) is 8.36. The van der Waals surface area contributed by atoms with Gasteiger partial charge in [0.05, 0.1) is 29.0 Å². The van der Waals surface area contributed by atoms with Crippen molar-refractivity contribution in [3.63, 3.8) is 0 Å². The van der Waals surface area contributed by atoms with Crippen LogP contribution in [0.3, 0.4) is 0 Å². The van der Waals surface area contributed by atoms with Crippen LogP contribution < -0.4 is 15.4 Å². The third-order valence-corrected chi connectivity index (χ3v) is 10.7. The van der Waals surface area contributed by atoms with Crippen molar-refractivity contribution < 1.29 is 22.7 Å². The number of aryl methyl sites for hydroxylation is 1. The summed E-state index contributed by atoms with van der Waals surface area (Å²) in [6.45, 7) is 18.1. The van der Waals surface area contributed by atoms with Gasteiger partial charge in [0.25, 0.3) is 0 Å². The molecule has 0 spiro atoms. The molecule has 1 aromatic carbocycles. The number of aromatic nitrogens is 4. The summed E-state index contributed by atoms with van der Waals surface area (Å²) in [7, 11) is -3.70. The molecule has 2 N–H and O–H groups in total. The van der Waals surface area contributed by atoms with Crippen LogP contribution in [0.2, 0.25) is 5.02 Å². The lowest BCUT2D eigenvalue weighted by molar-refractivity contribution is 0.0204. The molecule has 14 heteroatoms. The van der Waals surface area contributed by atoms with Gasteiger partial charge in [-0.2, -0.15) is 10.1 Å². The lowest BCUT2D eigenvalue weighted by atomic mass is 9.82. The SMILES string of the molecule is Cc1cc(Nc2ncc(Cl)c(Nc3cn(C(C)C)nc3S(=O)(=O)C(C)C)n2)c2c(c1C1CCN(C(=O)OC(C)(C)C)CC1)C[C@@H](C)O2. The normalized spacial score (nSPS) is 17.2. The molecule has 256 valence electrons. The Balaban J connectivity index is 1.40. The average Bonchev–Trinajstić information content (AvgIpc) is 3.58. The summed E-state index contributed by atoms with van der Waals surface area (Å²) < 4.78 is 39.8. The van der Waals surface area contributed by atoms with Crippen molar-refractivity contribution in [2.45, 2.75) is 116 Å². The van der Waals surface area contributed by atoms with Crippen LogP contribution in [-0.2, 0) is 21.0 Å². The first-order valence-corrected chi connectivity index (χ1v) is 18.1. The van der Waals surface area contributed by atoms with E-state index in [1.54, 1.807) is 29.6 Å². The molecule has 3 aromatic rings. The van der Waals surface area contributed by atoms with Gasteiger partial charge in [-0.1, -0.05) is 11.6 Å². The van der Waals surface area contributed by atoms with Crippen LogP contribution in [0.4, 0.5) is 27.9 Å². The van der Waals surface area contributed by atoms with Gasteiger partial charge < -0.3 is 25.0 Å². The lowest BCUT2D eigenvalue weighted by Gasteiger charge is -2.34. The highest BCUT2D eigenvalue weighted by molar-refractivity contribution is 7.92. The second-order valence-corrected chi connectivity index (χ2v) is 16.8. The first-order chi connectivity index (χ1) is 21.9. The first-order valence-electron chi connectivity index (χ1n) is 16.1. The summed E-state index contributed by atoms with van der Waals surface area (Å²) in [6.07, 6.45) is 5.29. The second-order valence-electron chi connectivity index (χ2n) is 14.0. The van der Waals surface area contributed by atoms with E-state index in [1.807, 2.05) is 34.6 Å². The van der Waals surface area contributed by atoms with Crippen molar-refractivity contribution in [3.05, 3.63) is 40.2 Å². The number of benzene rings is 1. The summed E-state index contributed by atoms with van der Waals surface area (Å²) >= 11 is 6.50. The van der Waals surface area contributed by atoms with Gasteiger partial charge in [-0.15, -0.1) is 0 Å². The number of hydrogen-bond acceptors (Lipinski definition) is 10. The number of ether oxygens (including phenoxy) is 2. The molecule has 2 aliphatic heterocycles. The van der Waals surface area contributed by atoms with Crippen LogP contribution >= 0.6 is 11.6 Å². The van der Waals surface area contributed by atoms with Crippen LogP contribution in [0.1, 0.15) is 96.9 Å². The summed E-state index contributed by atoms with van der Waals surface area (Å²) in [5.41, 5.74) is 4.06. The monoisotopic (exact) mass is 687 g/mol. The zero-order chi connectivity index (χ0) is 34.4. The molecular formula is C33H46ClN7O5S. The maximum atomic E-state index is 13.1. The van der Waals surface area contributed by atoms with E-state index in [9.17, 15) is 13.2 Å². The molecule has 12 nitrogen and oxygen atoms in total. The molecule has 4 heterocycles. The smallest absolute Gasteiger partial charge is 0.410 e. The van der Waals surface area contributed by atoms with E-state index in [0.29, 0.717) is 13.1 Å². The van der Waals surface area contributed by atoms with Gasteiger partial charge in [0.15, 0.2) is 5.82 Å². The number of amides is 1. The number of piperidine rings is 1. The molecular weight excluding hydrogens is 642 g/mol. The van der Waals surface area contributed by atoms with E-state index in [1.165, 1.54) is 11.8 Å². The van der Waals surface area contributed by atoms with E-state index < -0.39 is 20.7 Å². The highest BCUT2D eigenvalue weighted by atomic mass is 35.5. The molecule has 2 aliphatic rings. The number of sulfone groups is 1. The fourth-order valence-electron chi connectivity index (χ4n) is 6.01. The summed E-state index contributed by atoms with van der Waals surface area (Å²) in [5, 5.41) is 10.3. The number of likely N-dealkylation sites (tertiary alicyclic amines) is 1. The number of anilines is 4. The lowest BCUT2D eigenvalue weighted by Crippen LogP contribution is -2.41. The highest BCUT2D eigenvalue weighted by Gasteiger charge is 2.34. The van der Waals surface area contributed by atoms with Crippen LogP contribution in [-0.4, -0.2) is 69.2 Å². The number of nitrogens with zero attached hydrogens (tertiary/aromatic N) is 5. The Bertz CT molecular complexity index is 1760. The highest BCUT2D eigenvalue weighted by Crippen LogP contribution is 2.46. The largest absolute Gasteiger partial charge is 0.488 e. The third kappa shape index (κ3) is 7.45. The first kappa shape index (κ1) is 34.7. The van der Waals surface area contributed by atoms with E-state index in [-0.39, 0.29) is 51.7 Å². The van der Waals surface area contributed by atoms with E-state index >= 15 is 0 Å². The van der Waals surface area contributed by atoms with Crippen molar-refractivity contribution in [1.82, 2.24) is 24.6 Å². The number of nitrogens with one attached hydrogen (secondary N) is 2. The number of halogens is 1. The van der Waals surface area contributed by atoms with E-state index in [4.69, 9.17) is 21.1 Å². The quantitative estimate of drug-likeness (QED) is 0.247. The molecule has 5 rings (SSSR count). The Kier molecular flexibility index (Phi) is 9.71. The van der Waals surface area contributed by atoms with Gasteiger partial charge in [0.1, 0.15) is 22.5 Å². The zero-order valence-electron chi connectivity index (χ0n) is 28.6. The van der Waals surface area contributed by atoms with Gasteiger partial charge in [0, 0.05) is 31.1 Å². The number of rotatable bonds is 8. The molecule has 0 radical (unpaired) electrons. The fourth-order valence-corrected chi connectivity index (χ4v) is 7.21. The number of hydrogen-bond donors (Lipinski definition) is 2. The molecule has 1 saturated heterocycles. The molecule has 0 aliphatic carbocycles. The number of carbonyl (C=O) groups excluding carboxylic acids is 1. The summed E-state index contributed by atoms with van der Waals surface area (Å²) in [4.78, 5) is 23.5. The Morgan fingerprint density at radius 2 is 1.81 bits per heavy atom. The fraction of sp³-hybridized carbons (Fsp3) is 0.576. The topological polar surface area (TPSA) is 141 Å². The minimum atomic E-state index is -3.70. The molecule has 2 aromatic heterocycles. The van der Waals surface area contributed by atoms with Crippen LogP contribution in [0.5, 0.6) is 5.75 Å². The molecule has 0 saturated carbocycles. The standard InChI is InChI=1S/C33H46ClN7O5S/c1-18(2)41-17-26(30(39-41)47(43,44)19(3)4)36-29-24(34)16-35-31(38-29)37-25-14-20(5)27(23-15-21(6)45-28(23)25)22-10-12-40(13-11-22)32(42)46-33(7,8)9/h14,16-19,21-22H,10-13,15H2,1-9H3,(H2,35,36,37,38)/t21-/m1/s1. The van der Waals surface area contributed by atoms with Crippen molar-refractivity contribution in [3.8, 4) is 5.75 Å². The molecule has 0 bridgehead atoms. The van der Waals surface area contributed by atoms with Crippen molar-refractivity contribution in [2.24, 2.45) is 0 Å². The van der Waals surface area contributed by atoms with Crippen molar-refractivity contribution >= 4 is 50.7 Å². The molecule has 47 heavy (non-hydrogen) atoms. The van der Waals surface area contributed by atoms with Gasteiger partial charge in [0.2, 0.25) is 20.8 Å². The van der Waals surface area contributed by atoms with Gasteiger partial charge in [-0.3, -0.25) is 4.68 Å². The van der Waals surface area contributed by atoms with Crippen molar-refractivity contribution in [1.29, 1.82) is 0 Å². The van der Waals surface area contributed by atoms with Crippen LogP contribution in [0, 0.1) is 6.92 Å². The van der Waals surface area contributed by atoms with Crippen molar-refractivity contribution in [2.75, 3.05) is 23.7 Å². The maximum Gasteiger partial charge on any atom is 0.410 e. The Labute approximate surface area is 282 Å². The van der Waals surface area contributed by atoms with E-state index in [2.05, 4.69) is 45.6 Å². The average molecular weight is 688 g/mol.